The molecule has 2 nitrogen and oxygen atoms in total. The van der Waals surface area contributed by atoms with Gasteiger partial charge in [-0.15, -0.1) is 6.58 Å². The van der Waals surface area contributed by atoms with E-state index < -0.39 is 18.3 Å². The summed E-state index contributed by atoms with van der Waals surface area (Å²) in [5, 5.41) is 0. The molecule has 0 saturated heterocycles. The van der Waals surface area contributed by atoms with Crippen LogP contribution in [-0.4, -0.2) is 11.9 Å². The number of hydrogen-bond acceptors (Lipinski definition) is 2. The minimum atomic E-state index is -3.49. The summed E-state index contributed by atoms with van der Waals surface area (Å²) in [5.74, 6) is -5.01. The molecule has 0 aliphatic carbocycles. The maximum absolute atomic E-state index is 13.0. The molecule has 0 bridgehead atoms. The highest BCUT2D eigenvalue weighted by molar-refractivity contribution is 5.77. The van der Waals surface area contributed by atoms with Gasteiger partial charge in [-0.3, -0.25) is 0 Å². The normalized spacial score (nSPS) is 10.9. The summed E-state index contributed by atoms with van der Waals surface area (Å²) in [6, 6.07) is 8.66. The molecule has 1 aromatic carbocycles. The van der Waals surface area contributed by atoms with Gasteiger partial charge in [-0.1, -0.05) is 36.4 Å². The first-order valence-corrected chi connectivity index (χ1v) is 4.76. The summed E-state index contributed by atoms with van der Waals surface area (Å²) in [5.41, 5.74) is 0.672. The molecule has 86 valence electrons. The zero-order valence-electron chi connectivity index (χ0n) is 8.66. The van der Waals surface area contributed by atoms with Gasteiger partial charge in [-0.2, -0.15) is 8.78 Å². The zero-order chi connectivity index (χ0) is 12.0. The van der Waals surface area contributed by atoms with E-state index in [1.165, 1.54) is 0 Å². The maximum atomic E-state index is 13.0. The van der Waals surface area contributed by atoms with Gasteiger partial charge in [-0.25, -0.2) is 4.79 Å². The number of hydrogen-bond donors (Lipinski definition) is 0. The Morgan fingerprint density at radius 3 is 2.56 bits per heavy atom. The summed E-state index contributed by atoms with van der Waals surface area (Å²) in [4.78, 5) is 11.0. The molecular formula is C12H12F2O2. The lowest BCUT2D eigenvalue weighted by Crippen LogP contribution is -2.29. The topological polar surface area (TPSA) is 26.3 Å². The van der Waals surface area contributed by atoms with Crippen molar-refractivity contribution in [1.29, 1.82) is 0 Å². The SMILES string of the molecule is C=CCC(F)(F)C(=O)OCc1ccccc1. The van der Waals surface area contributed by atoms with Crippen molar-refractivity contribution in [3.05, 3.63) is 48.6 Å². The van der Waals surface area contributed by atoms with E-state index in [9.17, 15) is 13.6 Å². The number of benzene rings is 1. The number of alkyl halides is 2. The van der Waals surface area contributed by atoms with Gasteiger partial charge in [0.2, 0.25) is 0 Å². The minimum Gasteiger partial charge on any atom is -0.456 e. The Labute approximate surface area is 92.5 Å². The smallest absolute Gasteiger partial charge is 0.377 e. The molecule has 0 aliphatic heterocycles. The monoisotopic (exact) mass is 226 g/mol. The van der Waals surface area contributed by atoms with Crippen LogP contribution in [0.1, 0.15) is 12.0 Å². The fourth-order valence-electron chi connectivity index (χ4n) is 1.09. The molecule has 0 N–H and O–H groups in total. The number of esters is 1. The molecule has 0 amide bonds. The Morgan fingerprint density at radius 2 is 2.00 bits per heavy atom. The average Bonchev–Trinajstić information content (AvgIpc) is 2.27. The lowest BCUT2D eigenvalue weighted by Gasteiger charge is -2.13. The lowest BCUT2D eigenvalue weighted by atomic mass is 10.2. The van der Waals surface area contributed by atoms with Gasteiger partial charge in [0.05, 0.1) is 0 Å². The Kier molecular flexibility index (Phi) is 4.17. The molecule has 0 aromatic heterocycles. The first-order valence-electron chi connectivity index (χ1n) is 4.76. The predicted molar refractivity (Wildman–Crippen MR) is 56.0 cm³/mol. The lowest BCUT2D eigenvalue weighted by molar-refractivity contribution is -0.172. The first kappa shape index (κ1) is 12.4. The van der Waals surface area contributed by atoms with Gasteiger partial charge in [0.1, 0.15) is 6.61 Å². The fraction of sp³-hybridized carbons (Fsp3) is 0.250. The van der Waals surface area contributed by atoms with Crippen LogP contribution >= 0.6 is 0 Å². The molecule has 0 radical (unpaired) electrons. The summed E-state index contributed by atoms with van der Waals surface area (Å²) < 4.78 is 30.5. The van der Waals surface area contributed by atoms with Crippen molar-refractivity contribution in [3.8, 4) is 0 Å². The van der Waals surface area contributed by atoms with Crippen LogP contribution < -0.4 is 0 Å². The van der Waals surface area contributed by atoms with Crippen molar-refractivity contribution in [3.63, 3.8) is 0 Å². The van der Waals surface area contributed by atoms with Crippen LogP contribution in [0.25, 0.3) is 0 Å². The van der Waals surface area contributed by atoms with Crippen LogP contribution in [0.2, 0.25) is 0 Å². The first-order chi connectivity index (χ1) is 7.56. The molecule has 0 atom stereocenters. The quantitative estimate of drug-likeness (QED) is 0.570. The third kappa shape index (κ3) is 3.46. The van der Waals surface area contributed by atoms with Crippen molar-refractivity contribution in [2.45, 2.75) is 19.0 Å². The second-order valence-corrected chi connectivity index (χ2v) is 3.26. The summed E-state index contributed by atoms with van der Waals surface area (Å²) in [6.45, 7) is 3.01. The van der Waals surface area contributed by atoms with E-state index in [2.05, 4.69) is 11.3 Å². The molecule has 0 heterocycles. The number of halogens is 2. The minimum absolute atomic E-state index is 0.146. The van der Waals surface area contributed by atoms with Gasteiger partial charge < -0.3 is 4.74 Å². The molecular weight excluding hydrogens is 214 g/mol. The zero-order valence-corrected chi connectivity index (χ0v) is 8.66. The largest absolute Gasteiger partial charge is 0.456 e. The standard InChI is InChI=1S/C12H12F2O2/c1-2-8-12(13,14)11(15)16-9-10-6-4-3-5-7-10/h2-7H,1,8-9H2. The molecule has 16 heavy (non-hydrogen) atoms. The van der Waals surface area contributed by atoms with Crippen LogP contribution in [0.3, 0.4) is 0 Å². The third-order valence-electron chi connectivity index (χ3n) is 1.91. The third-order valence-corrected chi connectivity index (χ3v) is 1.91. The van der Waals surface area contributed by atoms with E-state index in [0.29, 0.717) is 5.56 Å². The maximum Gasteiger partial charge on any atom is 0.377 e. The van der Waals surface area contributed by atoms with E-state index in [-0.39, 0.29) is 6.61 Å². The van der Waals surface area contributed by atoms with Gasteiger partial charge in [0.25, 0.3) is 0 Å². The van der Waals surface area contributed by atoms with Gasteiger partial charge in [-0.05, 0) is 5.56 Å². The Morgan fingerprint density at radius 1 is 1.38 bits per heavy atom. The van der Waals surface area contributed by atoms with Crippen molar-refractivity contribution in [1.82, 2.24) is 0 Å². The second kappa shape index (κ2) is 5.39. The Balaban J connectivity index is 2.50. The Hall–Kier alpha value is -1.71. The highest BCUT2D eigenvalue weighted by Crippen LogP contribution is 2.21. The van der Waals surface area contributed by atoms with Gasteiger partial charge >= 0.3 is 11.9 Å². The summed E-state index contributed by atoms with van der Waals surface area (Å²) in [6.07, 6.45) is 0.282. The van der Waals surface area contributed by atoms with Crippen LogP contribution in [0.4, 0.5) is 8.78 Å². The molecule has 0 aliphatic rings. The van der Waals surface area contributed by atoms with Crippen LogP contribution in [0.15, 0.2) is 43.0 Å². The molecule has 4 heteroatoms. The fourth-order valence-corrected chi connectivity index (χ4v) is 1.09. The molecule has 0 spiro atoms. The number of rotatable bonds is 5. The van der Waals surface area contributed by atoms with E-state index in [0.717, 1.165) is 6.08 Å². The number of carbonyl (C=O) groups is 1. The van der Waals surface area contributed by atoms with Crippen molar-refractivity contribution in [2.75, 3.05) is 0 Å². The second-order valence-electron chi connectivity index (χ2n) is 3.26. The number of ether oxygens (including phenoxy) is 1. The van der Waals surface area contributed by atoms with Crippen LogP contribution in [-0.2, 0) is 16.1 Å². The van der Waals surface area contributed by atoms with Crippen LogP contribution in [0.5, 0.6) is 0 Å². The van der Waals surface area contributed by atoms with Crippen molar-refractivity contribution >= 4 is 5.97 Å². The van der Waals surface area contributed by atoms with E-state index >= 15 is 0 Å². The van der Waals surface area contributed by atoms with Crippen LogP contribution in [0, 0.1) is 0 Å². The highest BCUT2D eigenvalue weighted by atomic mass is 19.3. The number of allylic oxidation sites excluding steroid dienone is 1. The molecule has 1 aromatic rings. The molecule has 0 fully saturated rings. The van der Waals surface area contributed by atoms with E-state index in [4.69, 9.17) is 0 Å². The molecule has 0 unspecified atom stereocenters. The Bertz CT molecular complexity index is 361. The van der Waals surface area contributed by atoms with E-state index in [1.54, 1.807) is 30.3 Å². The number of carbonyl (C=O) groups excluding carboxylic acids is 1. The van der Waals surface area contributed by atoms with Crippen molar-refractivity contribution < 1.29 is 18.3 Å². The average molecular weight is 226 g/mol. The van der Waals surface area contributed by atoms with Gasteiger partial charge in [0.15, 0.2) is 0 Å². The highest BCUT2D eigenvalue weighted by Gasteiger charge is 2.39. The van der Waals surface area contributed by atoms with Gasteiger partial charge in [0, 0.05) is 6.42 Å². The van der Waals surface area contributed by atoms with Crippen molar-refractivity contribution in [2.24, 2.45) is 0 Å². The molecule has 0 saturated carbocycles. The summed E-state index contributed by atoms with van der Waals surface area (Å²) in [7, 11) is 0. The summed E-state index contributed by atoms with van der Waals surface area (Å²) >= 11 is 0. The molecule has 1 rings (SSSR count). The predicted octanol–water partition coefficient (Wildman–Crippen LogP) is 2.94. The van der Waals surface area contributed by atoms with E-state index in [1.807, 2.05) is 0 Å².